The highest BCUT2D eigenvalue weighted by Crippen LogP contribution is 2.29. The van der Waals surface area contributed by atoms with Crippen LogP contribution in [0.25, 0.3) is 27.6 Å². The molecule has 0 aliphatic carbocycles. The Balaban J connectivity index is 1.39. The maximum Gasteiger partial charge on any atom is 0.339 e. The van der Waals surface area contributed by atoms with Crippen molar-refractivity contribution in [2.75, 3.05) is 5.32 Å². The molecule has 5 aromatic rings. The van der Waals surface area contributed by atoms with Crippen LogP contribution >= 0.6 is 0 Å². The number of fused-ring (bicyclic) bond motifs is 2. The normalized spacial score (nSPS) is 11.4. The number of amides is 1. The van der Waals surface area contributed by atoms with Gasteiger partial charge in [0.25, 0.3) is 0 Å². The second-order valence-corrected chi connectivity index (χ2v) is 8.73. The molecule has 0 aliphatic heterocycles. The zero-order valence-electron chi connectivity index (χ0n) is 19.6. The summed E-state index contributed by atoms with van der Waals surface area (Å²) in [6.07, 6.45) is 2.10. The molecule has 5 rings (SSSR count). The van der Waals surface area contributed by atoms with Crippen LogP contribution in [0.15, 0.2) is 62.4 Å². The lowest BCUT2D eigenvalue weighted by atomic mass is 10.0. The number of nitrogens with one attached hydrogen (secondary N) is 1. The van der Waals surface area contributed by atoms with Crippen LogP contribution in [-0.4, -0.2) is 15.7 Å². The van der Waals surface area contributed by atoms with Gasteiger partial charge in [-0.05, 0) is 69.0 Å². The van der Waals surface area contributed by atoms with Gasteiger partial charge in [0.05, 0.1) is 17.6 Å². The van der Waals surface area contributed by atoms with Crippen LogP contribution in [0, 0.1) is 27.7 Å². The zero-order valence-corrected chi connectivity index (χ0v) is 19.6. The van der Waals surface area contributed by atoms with Crippen LogP contribution in [0.1, 0.15) is 34.4 Å². The Kier molecular flexibility index (Phi) is 5.32. The van der Waals surface area contributed by atoms with Gasteiger partial charge in [0.15, 0.2) is 0 Å². The number of rotatable bonds is 5. The molecule has 172 valence electrons. The Morgan fingerprint density at radius 3 is 2.65 bits per heavy atom. The number of aromatic nitrogens is 2. The largest absolute Gasteiger partial charge is 0.464 e. The van der Waals surface area contributed by atoms with E-state index in [1.807, 2.05) is 64.1 Å². The van der Waals surface area contributed by atoms with Gasteiger partial charge in [0.2, 0.25) is 5.91 Å². The average molecular weight is 456 g/mol. The van der Waals surface area contributed by atoms with Gasteiger partial charge in [-0.15, -0.1) is 0 Å². The molecule has 3 aromatic heterocycles. The van der Waals surface area contributed by atoms with Crippen molar-refractivity contribution >= 4 is 33.7 Å². The van der Waals surface area contributed by atoms with E-state index in [2.05, 4.69) is 10.4 Å². The summed E-state index contributed by atoms with van der Waals surface area (Å²) in [6, 6.07) is 13.5. The summed E-state index contributed by atoms with van der Waals surface area (Å²) in [4.78, 5) is 25.5. The van der Waals surface area contributed by atoms with Gasteiger partial charge < -0.3 is 14.2 Å². The number of benzene rings is 2. The Morgan fingerprint density at radius 2 is 1.85 bits per heavy atom. The first-order valence-corrected chi connectivity index (χ1v) is 11.2. The van der Waals surface area contributed by atoms with E-state index in [0.29, 0.717) is 22.5 Å². The van der Waals surface area contributed by atoms with Gasteiger partial charge >= 0.3 is 5.63 Å². The number of furan rings is 1. The summed E-state index contributed by atoms with van der Waals surface area (Å²) in [5, 5.41) is 9.28. The molecule has 0 fully saturated rings. The van der Waals surface area contributed by atoms with Crippen molar-refractivity contribution in [3.8, 4) is 5.69 Å². The summed E-state index contributed by atoms with van der Waals surface area (Å²) < 4.78 is 12.8. The Hall–Kier alpha value is -4.13. The Morgan fingerprint density at radius 1 is 1.03 bits per heavy atom. The summed E-state index contributed by atoms with van der Waals surface area (Å²) in [5.74, 6) is 0.391. The SMILES string of the molecule is Cc1cccc(-n2nc(C)cc2NC(=O)CCc2c(C)c3cc4c(C)coc4cc3oc2=O)c1. The maximum absolute atomic E-state index is 12.8. The van der Waals surface area contributed by atoms with Crippen molar-refractivity contribution in [1.29, 1.82) is 0 Å². The van der Waals surface area contributed by atoms with Crippen molar-refractivity contribution in [2.45, 2.75) is 40.5 Å². The van der Waals surface area contributed by atoms with Crippen LogP contribution in [0.4, 0.5) is 5.82 Å². The van der Waals surface area contributed by atoms with E-state index in [1.165, 1.54) is 0 Å². The minimum absolute atomic E-state index is 0.141. The van der Waals surface area contributed by atoms with E-state index in [9.17, 15) is 9.59 Å². The number of carbonyl (C=O) groups excluding carboxylic acids is 1. The molecule has 0 unspecified atom stereocenters. The summed E-state index contributed by atoms with van der Waals surface area (Å²) in [7, 11) is 0. The van der Waals surface area contributed by atoms with Crippen molar-refractivity contribution in [2.24, 2.45) is 0 Å². The Labute approximate surface area is 196 Å². The fourth-order valence-corrected chi connectivity index (χ4v) is 4.32. The first-order valence-electron chi connectivity index (χ1n) is 11.2. The van der Waals surface area contributed by atoms with E-state index in [-0.39, 0.29) is 18.7 Å². The molecule has 2 aromatic carbocycles. The van der Waals surface area contributed by atoms with Gasteiger partial charge in [0.1, 0.15) is 17.0 Å². The molecular formula is C27H25N3O4. The van der Waals surface area contributed by atoms with Gasteiger partial charge in [-0.2, -0.15) is 5.10 Å². The monoisotopic (exact) mass is 455 g/mol. The molecule has 7 nitrogen and oxygen atoms in total. The molecule has 0 atom stereocenters. The predicted octanol–water partition coefficient (Wildman–Crippen LogP) is 5.53. The predicted molar refractivity (Wildman–Crippen MR) is 132 cm³/mol. The number of hydrogen-bond donors (Lipinski definition) is 1. The van der Waals surface area contributed by atoms with Crippen LogP contribution in [0.2, 0.25) is 0 Å². The molecule has 0 saturated heterocycles. The highest BCUT2D eigenvalue weighted by atomic mass is 16.4. The first kappa shape index (κ1) is 21.7. The third-order valence-electron chi connectivity index (χ3n) is 6.12. The second-order valence-electron chi connectivity index (χ2n) is 8.73. The quantitative estimate of drug-likeness (QED) is 0.352. The van der Waals surface area contributed by atoms with Gasteiger partial charge in [-0.25, -0.2) is 9.48 Å². The number of anilines is 1. The molecule has 0 aliphatic rings. The van der Waals surface area contributed by atoms with Gasteiger partial charge in [-0.3, -0.25) is 4.79 Å². The number of nitrogens with zero attached hydrogens (tertiary/aromatic N) is 2. The molecule has 0 saturated carbocycles. The van der Waals surface area contributed by atoms with Crippen LogP contribution in [0.5, 0.6) is 0 Å². The van der Waals surface area contributed by atoms with Gasteiger partial charge in [-0.1, -0.05) is 12.1 Å². The highest BCUT2D eigenvalue weighted by Gasteiger charge is 2.17. The molecule has 0 bridgehead atoms. The highest BCUT2D eigenvalue weighted by molar-refractivity contribution is 5.96. The van der Waals surface area contributed by atoms with Crippen molar-refractivity contribution in [3.63, 3.8) is 0 Å². The Bertz CT molecular complexity index is 1620. The van der Waals surface area contributed by atoms with Crippen LogP contribution in [0.3, 0.4) is 0 Å². The third-order valence-corrected chi connectivity index (χ3v) is 6.12. The molecule has 1 N–H and O–H groups in total. The molecule has 3 heterocycles. The van der Waals surface area contributed by atoms with E-state index in [0.717, 1.165) is 38.8 Å². The third kappa shape index (κ3) is 3.90. The lowest BCUT2D eigenvalue weighted by Gasteiger charge is -2.10. The standard InChI is InChI=1S/C27H25N3O4/c1-15-6-5-7-19(10-15)30-25(11-17(3)29-30)28-26(31)9-8-20-18(4)22-12-21-16(2)14-33-23(21)13-24(22)34-27(20)32/h5-7,10-14H,8-9H2,1-4H3,(H,28,31). The topological polar surface area (TPSA) is 90.3 Å². The van der Waals surface area contributed by atoms with E-state index in [1.54, 1.807) is 17.0 Å². The molecule has 1 amide bonds. The number of hydrogen-bond acceptors (Lipinski definition) is 5. The minimum Gasteiger partial charge on any atom is -0.464 e. The smallest absolute Gasteiger partial charge is 0.339 e. The molecule has 34 heavy (non-hydrogen) atoms. The lowest BCUT2D eigenvalue weighted by Crippen LogP contribution is -2.18. The second kappa shape index (κ2) is 8.33. The summed E-state index contributed by atoms with van der Waals surface area (Å²) in [6.45, 7) is 7.75. The van der Waals surface area contributed by atoms with E-state index < -0.39 is 5.63 Å². The van der Waals surface area contributed by atoms with Crippen LogP contribution in [-0.2, 0) is 11.2 Å². The zero-order chi connectivity index (χ0) is 24.0. The molecular weight excluding hydrogens is 430 g/mol. The van der Waals surface area contributed by atoms with Crippen LogP contribution < -0.4 is 10.9 Å². The summed E-state index contributed by atoms with van der Waals surface area (Å²) in [5.41, 5.74) is 5.84. The van der Waals surface area contributed by atoms with E-state index in [4.69, 9.17) is 8.83 Å². The number of aryl methyl sites for hydroxylation is 4. The minimum atomic E-state index is -0.430. The van der Waals surface area contributed by atoms with Crippen molar-refractivity contribution in [3.05, 3.63) is 87.1 Å². The van der Waals surface area contributed by atoms with Crippen molar-refractivity contribution < 1.29 is 13.6 Å². The fraction of sp³-hybridized carbons (Fsp3) is 0.222. The average Bonchev–Trinajstić information content (AvgIpc) is 3.34. The fourth-order valence-electron chi connectivity index (χ4n) is 4.32. The lowest BCUT2D eigenvalue weighted by molar-refractivity contribution is -0.116. The van der Waals surface area contributed by atoms with E-state index >= 15 is 0 Å². The molecule has 7 heteroatoms. The maximum atomic E-state index is 12.8. The summed E-state index contributed by atoms with van der Waals surface area (Å²) >= 11 is 0. The number of carbonyl (C=O) groups is 1. The molecule has 0 radical (unpaired) electrons. The van der Waals surface area contributed by atoms with Crippen molar-refractivity contribution in [1.82, 2.24) is 9.78 Å². The molecule has 0 spiro atoms. The first-order chi connectivity index (χ1) is 16.3. The van der Waals surface area contributed by atoms with Gasteiger partial charge in [0, 0.05) is 34.9 Å².